The largest absolute Gasteiger partial charge is 0.385 e. The highest BCUT2D eigenvalue weighted by Crippen LogP contribution is 2.25. The highest BCUT2D eigenvalue weighted by molar-refractivity contribution is 5.84. The quantitative estimate of drug-likeness (QED) is 0.508. The van der Waals surface area contributed by atoms with Gasteiger partial charge in [0.15, 0.2) is 12.1 Å². The van der Waals surface area contributed by atoms with Gasteiger partial charge in [-0.3, -0.25) is 14.9 Å². The number of nitrogens with zero attached hydrogens (tertiary/aromatic N) is 1. The van der Waals surface area contributed by atoms with Crippen LogP contribution in [-0.4, -0.2) is 41.4 Å². The van der Waals surface area contributed by atoms with Crippen LogP contribution in [-0.2, 0) is 25.6 Å². The SMILES string of the molecule is O=C(CC1OCCCO1)[C@@H](OCc1ccccc1)[C@H](O)c1ccc([N+](=O)[O-])cc1. The predicted octanol–water partition coefficient (Wildman–Crippen LogP) is 2.94. The van der Waals surface area contributed by atoms with E-state index in [1.165, 1.54) is 24.3 Å². The average Bonchev–Trinajstić information content (AvgIpc) is 2.75. The van der Waals surface area contributed by atoms with Crippen molar-refractivity contribution in [2.75, 3.05) is 13.2 Å². The van der Waals surface area contributed by atoms with Gasteiger partial charge in [0.05, 0.1) is 31.2 Å². The summed E-state index contributed by atoms with van der Waals surface area (Å²) in [6.45, 7) is 1.16. The summed E-state index contributed by atoms with van der Waals surface area (Å²) in [5.41, 5.74) is 1.11. The Bertz CT molecular complexity index is 804. The lowest BCUT2D eigenvalue weighted by Gasteiger charge is -2.27. The first kappa shape index (κ1) is 21.1. The van der Waals surface area contributed by atoms with Gasteiger partial charge in [-0.2, -0.15) is 0 Å². The molecule has 1 aliphatic heterocycles. The minimum Gasteiger partial charge on any atom is -0.385 e. The van der Waals surface area contributed by atoms with Gasteiger partial charge in [-0.25, -0.2) is 0 Å². The molecule has 0 radical (unpaired) electrons. The second kappa shape index (κ2) is 10.2. The number of carbonyl (C=O) groups excluding carboxylic acids is 1. The Morgan fingerprint density at radius 1 is 1.14 bits per heavy atom. The summed E-state index contributed by atoms with van der Waals surface area (Å²) in [4.78, 5) is 23.2. The molecule has 0 spiro atoms. The van der Waals surface area contributed by atoms with Crippen LogP contribution in [0.25, 0.3) is 0 Å². The maximum absolute atomic E-state index is 12.9. The van der Waals surface area contributed by atoms with E-state index in [1.54, 1.807) is 0 Å². The molecule has 2 aromatic rings. The molecule has 0 amide bonds. The number of aliphatic hydroxyl groups is 1. The zero-order chi connectivity index (χ0) is 20.6. The van der Waals surface area contributed by atoms with E-state index < -0.39 is 23.4 Å². The van der Waals surface area contributed by atoms with Crippen molar-refractivity contribution in [3.05, 3.63) is 75.8 Å². The summed E-state index contributed by atoms with van der Waals surface area (Å²) in [7, 11) is 0. The molecule has 0 aromatic heterocycles. The number of ether oxygens (including phenoxy) is 3. The molecular formula is C21H23NO7. The van der Waals surface area contributed by atoms with Crippen molar-refractivity contribution in [1.29, 1.82) is 0 Å². The summed E-state index contributed by atoms with van der Waals surface area (Å²) in [6, 6.07) is 14.7. The molecule has 8 heteroatoms. The minimum atomic E-state index is -1.28. The number of non-ortho nitro benzene ring substituents is 1. The van der Waals surface area contributed by atoms with E-state index in [9.17, 15) is 20.0 Å². The Morgan fingerprint density at radius 3 is 2.41 bits per heavy atom. The first-order valence-electron chi connectivity index (χ1n) is 9.38. The smallest absolute Gasteiger partial charge is 0.269 e. The normalized spacial score (nSPS) is 16.9. The van der Waals surface area contributed by atoms with E-state index in [0.29, 0.717) is 18.8 Å². The number of hydrogen-bond acceptors (Lipinski definition) is 7. The molecule has 3 rings (SSSR count). The van der Waals surface area contributed by atoms with Crippen molar-refractivity contribution in [3.8, 4) is 0 Å². The number of nitro benzene ring substituents is 1. The summed E-state index contributed by atoms with van der Waals surface area (Å²) < 4.78 is 16.6. The third-order valence-corrected chi connectivity index (χ3v) is 4.59. The topological polar surface area (TPSA) is 108 Å². The van der Waals surface area contributed by atoms with Gasteiger partial charge in [-0.15, -0.1) is 0 Å². The lowest BCUT2D eigenvalue weighted by atomic mass is 9.99. The van der Waals surface area contributed by atoms with Crippen molar-refractivity contribution in [2.45, 2.75) is 37.9 Å². The van der Waals surface area contributed by atoms with E-state index >= 15 is 0 Å². The molecule has 2 atom stereocenters. The van der Waals surface area contributed by atoms with Gasteiger partial charge in [-0.05, 0) is 29.7 Å². The third-order valence-electron chi connectivity index (χ3n) is 4.59. The lowest BCUT2D eigenvalue weighted by Crippen LogP contribution is -2.36. The number of ketones is 1. The molecule has 8 nitrogen and oxygen atoms in total. The van der Waals surface area contributed by atoms with Crippen molar-refractivity contribution in [2.24, 2.45) is 0 Å². The molecule has 0 unspecified atom stereocenters. The third kappa shape index (κ3) is 5.91. The van der Waals surface area contributed by atoms with Gasteiger partial charge in [-0.1, -0.05) is 30.3 Å². The molecule has 1 saturated heterocycles. The van der Waals surface area contributed by atoms with Gasteiger partial charge in [0.25, 0.3) is 5.69 Å². The van der Waals surface area contributed by atoms with Gasteiger partial charge < -0.3 is 19.3 Å². The van der Waals surface area contributed by atoms with Crippen LogP contribution < -0.4 is 0 Å². The first-order chi connectivity index (χ1) is 14.0. The summed E-state index contributed by atoms with van der Waals surface area (Å²) in [6.07, 6.45) is -2.39. The fraction of sp³-hybridized carbons (Fsp3) is 0.381. The molecule has 1 aliphatic rings. The van der Waals surface area contributed by atoms with Crippen LogP contribution in [0.2, 0.25) is 0 Å². The van der Waals surface area contributed by atoms with Crippen molar-refractivity contribution < 1.29 is 29.0 Å². The van der Waals surface area contributed by atoms with Crippen molar-refractivity contribution in [3.63, 3.8) is 0 Å². The van der Waals surface area contributed by atoms with Gasteiger partial charge in [0.2, 0.25) is 0 Å². The Morgan fingerprint density at radius 2 is 1.79 bits per heavy atom. The Hall–Kier alpha value is -2.65. The zero-order valence-corrected chi connectivity index (χ0v) is 15.8. The number of benzene rings is 2. The van der Waals surface area contributed by atoms with E-state index in [2.05, 4.69) is 0 Å². The summed E-state index contributed by atoms with van der Waals surface area (Å²) >= 11 is 0. The number of Topliss-reactive ketones (excluding diaryl/α,β-unsaturated/α-hetero) is 1. The van der Waals surface area contributed by atoms with Gasteiger partial charge in [0, 0.05) is 12.1 Å². The summed E-state index contributed by atoms with van der Waals surface area (Å²) in [5, 5.41) is 21.6. The fourth-order valence-corrected chi connectivity index (χ4v) is 3.02. The number of rotatable bonds is 9. The molecule has 29 heavy (non-hydrogen) atoms. The molecule has 0 saturated carbocycles. The van der Waals surface area contributed by atoms with Gasteiger partial charge in [0.1, 0.15) is 12.2 Å². The highest BCUT2D eigenvalue weighted by atomic mass is 16.7. The van der Waals surface area contributed by atoms with Crippen molar-refractivity contribution in [1.82, 2.24) is 0 Å². The van der Waals surface area contributed by atoms with Crippen LogP contribution >= 0.6 is 0 Å². The average molecular weight is 401 g/mol. The molecule has 0 bridgehead atoms. The summed E-state index contributed by atoms with van der Waals surface area (Å²) in [5.74, 6) is -0.362. The minimum absolute atomic E-state index is 0.0521. The number of nitro groups is 1. The van der Waals surface area contributed by atoms with Gasteiger partial charge >= 0.3 is 0 Å². The number of hydrogen-bond donors (Lipinski definition) is 1. The second-order valence-electron chi connectivity index (χ2n) is 6.71. The fourth-order valence-electron chi connectivity index (χ4n) is 3.02. The van der Waals surface area contributed by atoms with Crippen LogP contribution in [0, 0.1) is 10.1 Å². The maximum atomic E-state index is 12.9. The molecule has 2 aromatic carbocycles. The molecule has 1 fully saturated rings. The Labute approximate surface area is 168 Å². The molecule has 1 N–H and O–H groups in total. The van der Waals surface area contributed by atoms with Crippen LogP contribution in [0.5, 0.6) is 0 Å². The highest BCUT2D eigenvalue weighted by Gasteiger charge is 2.32. The monoisotopic (exact) mass is 401 g/mol. The van der Waals surface area contributed by atoms with Crippen LogP contribution in [0.4, 0.5) is 5.69 Å². The first-order valence-corrected chi connectivity index (χ1v) is 9.38. The molecule has 1 heterocycles. The zero-order valence-electron chi connectivity index (χ0n) is 15.8. The molecule has 0 aliphatic carbocycles. The van der Waals surface area contributed by atoms with Crippen molar-refractivity contribution >= 4 is 11.5 Å². The Balaban J connectivity index is 1.74. The lowest BCUT2D eigenvalue weighted by molar-refractivity contribution is -0.384. The molecule has 154 valence electrons. The van der Waals surface area contributed by atoms with E-state index in [-0.39, 0.29) is 24.5 Å². The van der Waals surface area contributed by atoms with Crippen LogP contribution in [0.1, 0.15) is 30.1 Å². The predicted molar refractivity (Wildman–Crippen MR) is 103 cm³/mol. The maximum Gasteiger partial charge on any atom is 0.269 e. The molecular weight excluding hydrogens is 378 g/mol. The van der Waals surface area contributed by atoms with Crippen LogP contribution in [0.3, 0.4) is 0 Å². The van der Waals surface area contributed by atoms with E-state index in [0.717, 1.165) is 12.0 Å². The standard InChI is InChI=1S/C21H23NO7/c23-18(13-19-27-11-4-12-28-19)21(29-14-15-5-2-1-3-6-15)20(24)16-7-9-17(10-8-16)22(25)26/h1-3,5-10,19-21,24H,4,11-14H2/t20-,21-/m1/s1. The van der Waals surface area contributed by atoms with Crippen LogP contribution in [0.15, 0.2) is 54.6 Å². The number of aliphatic hydroxyl groups excluding tert-OH is 1. The number of carbonyl (C=O) groups is 1. The van der Waals surface area contributed by atoms with E-state index in [1.807, 2.05) is 30.3 Å². The second-order valence-corrected chi connectivity index (χ2v) is 6.71. The van der Waals surface area contributed by atoms with E-state index in [4.69, 9.17) is 14.2 Å². The Kier molecular flexibility index (Phi) is 7.42.